The van der Waals surface area contributed by atoms with Gasteiger partial charge in [0.1, 0.15) is 13.2 Å². The second kappa shape index (κ2) is 9.51. The molecule has 0 aliphatic carbocycles. The van der Waals surface area contributed by atoms with E-state index in [0.29, 0.717) is 41.2 Å². The summed E-state index contributed by atoms with van der Waals surface area (Å²) >= 11 is 0. The number of nitrogens with zero attached hydrogens (tertiary/aromatic N) is 2. The molecule has 2 heterocycles. The van der Waals surface area contributed by atoms with E-state index in [4.69, 9.17) is 14.2 Å². The fourth-order valence-electron chi connectivity index (χ4n) is 3.42. The molecule has 1 aromatic heterocycles. The van der Waals surface area contributed by atoms with Crippen molar-refractivity contribution in [3.05, 3.63) is 54.9 Å². The first-order chi connectivity index (χ1) is 15.5. The van der Waals surface area contributed by atoms with E-state index in [1.807, 2.05) is 0 Å². The number of benzene rings is 2. The second-order valence-electron chi connectivity index (χ2n) is 7.09. The van der Waals surface area contributed by atoms with Gasteiger partial charge in [0, 0.05) is 48.6 Å². The lowest BCUT2D eigenvalue weighted by molar-refractivity contribution is -0.116. The number of hydrogen-bond donors (Lipinski definition) is 1. The van der Waals surface area contributed by atoms with Crippen LogP contribution in [-0.2, 0) is 19.6 Å². The number of fused-ring (bicyclic) bond motifs is 2. The fraction of sp³-hybridized carbons (Fsp3) is 0.273. The quantitative estimate of drug-likeness (QED) is 0.553. The van der Waals surface area contributed by atoms with Crippen LogP contribution in [0.5, 0.6) is 11.5 Å². The SMILES string of the molecule is COCCN(CC(=O)Nc1ccc2c(c1)OCCO2)S(=O)(=O)c1cccc2cnccc12. The summed E-state index contributed by atoms with van der Waals surface area (Å²) < 4.78 is 44.1. The van der Waals surface area contributed by atoms with Crippen LogP contribution in [0.4, 0.5) is 5.69 Å². The monoisotopic (exact) mass is 457 g/mol. The van der Waals surface area contributed by atoms with Gasteiger partial charge in [0.2, 0.25) is 15.9 Å². The molecule has 1 aliphatic rings. The number of ether oxygens (including phenoxy) is 3. The smallest absolute Gasteiger partial charge is 0.244 e. The van der Waals surface area contributed by atoms with Crippen molar-refractivity contribution in [2.24, 2.45) is 0 Å². The van der Waals surface area contributed by atoms with Crippen LogP contribution >= 0.6 is 0 Å². The van der Waals surface area contributed by atoms with Crippen LogP contribution in [0.15, 0.2) is 59.8 Å². The number of aromatic nitrogens is 1. The van der Waals surface area contributed by atoms with Crippen molar-refractivity contribution < 1.29 is 27.4 Å². The lowest BCUT2D eigenvalue weighted by atomic mass is 10.2. The molecule has 2 aromatic carbocycles. The summed E-state index contributed by atoms with van der Waals surface area (Å²) in [5.41, 5.74) is 0.486. The van der Waals surface area contributed by atoms with Gasteiger partial charge >= 0.3 is 0 Å². The van der Waals surface area contributed by atoms with Crippen LogP contribution in [-0.4, -0.2) is 63.6 Å². The van der Waals surface area contributed by atoms with E-state index < -0.39 is 15.9 Å². The Morgan fingerprint density at radius 1 is 1.16 bits per heavy atom. The Balaban J connectivity index is 1.57. The largest absolute Gasteiger partial charge is 0.486 e. The van der Waals surface area contributed by atoms with Gasteiger partial charge in [-0.05, 0) is 24.3 Å². The molecule has 0 unspecified atom stereocenters. The number of rotatable bonds is 8. The van der Waals surface area contributed by atoms with Crippen molar-refractivity contribution in [2.75, 3.05) is 45.3 Å². The average molecular weight is 458 g/mol. The van der Waals surface area contributed by atoms with Gasteiger partial charge in [-0.15, -0.1) is 0 Å². The van der Waals surface area contributed by atoms with E-state index in [1.54, 1.807) is 42.6 Å². The van der Waals surface area contributed by atoms with Crippen LogP contribution in [0.25, 0.3) is 10.8 Å². The van der Waals surface area contributed by atoms with Crippen LogP contribution in [0, 0.1) is 0 Å². The Bertz CT molecular complexity index is 1230. The molecule has 0 spiro atoms. The van der Waals surface area contributed by atoms with Gasteiger partial charge in [-0.1, -0.05) is 12.1 Å². The number of pyridine rings is 1. The Hall–Kier alpha value is -3.21. The summed E-state index contributed by atoms with van der Waals surface area (Å²) in [7, 11) is -2.51. The zero-order valence-electron chi connectivity index (χ0n) is 17.5. The maximum absolute atomic E-state index is 13.5. The molecule has 10 heteroatoms. The topological polar surface area (TPSA) is 107 Å². The standard InChI is InChI=1S/C22H23N3O6S/c1-29-10-9-25(32(27,28)21-4-2-3-16-14-23-8-7-18(16)21)15-22(26)24-17-5-6-19-20(13-17)31-12-11-30-19/h2-8,13-14H,9-12,15H2,1H3,(H,24,26). The lowest BCUT2D eigenvalue weighted by Gasteiger charge is -2.23. The number of methoxy groups -OCH3 is 1. The predicted molar refractivity (Wildman–Crippen MR) is 118 cm³/mol. The molecule has 168 valence electrons. The number of carbonyl (C=O) groups is 1. The Morgan fingerprint density at radius 2 is 1.97 bits per heavy atom. The fourth-order valence-corrected chi connectivity index (χ4v) is 5.01. The molecule has 1 aliphatic heterocycles. The highest BCUT2D eigenvalue weighted by atomic mass is 32.2. The molecule has 0 fully saturated rings. The van der Waals surface area contributed by atoms with Gasteiger partial charge < -0.3 is 19.5 Å². The van der Waals surface area contributed by atoms with Crippen LogP contribution in [0.1, 0.15) is 0 Å². The summed E-state index contributed by atoms with van der Waals surface area (Å²) in [6.45, 7) is 0.683. The van der Waals surface area contributed by atoms with E-state index in [2.05, 4.69) is 10.3 Å². The van der Waals surface area contributed by atoms with Gasteiger partial charge in [0.05, 0.1) is 18.0 Å². The number of sulfonamides is 1. The number of anilines is 1. The van der Waals surface area contributed by atoms with Crippen molar-refractivity contribution in [2.45, 2.75) is 4.90 Å². The first-order valence-electron chi connectivity index (χ1n) is 10.0. The van der Waals surface area contributed by atoms with Gasteiger partial charge in [-0.25, -0.2) is 8.42 Å². The molecule has 0 bridgehead atoms. The zero-order chi connectivity index (χ0) is 22.6. The molecule has 9 nitrogen and oxygen atoms in total. The molecule has 1 N–H and O–H groups in total. The molecule has 32 heavy (non-hydrogen) atoms. The highest BCUT2D eigenvalue weighted by Gasteiger charge is 2.28. The molecular formula is C22H23N3O6S. The molecule has 4 rings (SSSR count). The van der Waals surface area contributed by atoms with Gasteiger partial charge in [-0.3, -0.25) is 9.78 Å². The summed E-state index contributed by atoms with van der Waals surface area (Å²) in [4.78, 5) is 16.9. The number of nitrogens with one attached hydrogen (secondary N) is 1. The molecule has 1 amide bonds. The minimum Gasteiger partial charge on any atom is -0.486 e. The number of hydrogen-bond acceptors (Lipinski definition) is 7. The van der Waals surface area contributed by atoms with E-state index in [9.17, 15) is 13.2 Å². The maximum atomic E-state index is 13.5. The normalized spacial score (nSPS) is 13.3. The van der Waals surface area contributed by atoms with Crippen LogP contribution < -0.4 is 14.8 Å². The van der Waals surface area contributed by atoms with Gasteiger partial charge in [0.25, 0.3) is 0 Å². The zero-order valence-corrected chi connectivity index (χ0v) is 18.3. The molecule has 0 saturated carbocycles. The van der Waals surface area contributed by atoms with Crippen LogP contribution in [0.2, 0.25) is 0 Å². The third kappa shape index (κ3) is 4.67. The second-order valence-corrected chi connectivity index (χ2v) is 9.00. The molecule has 0 radical (unpaired) electrons. The summed E-state index contributed by atoms with van der Waals surface area (Å²) in [6, 6.07) is 11.6. The maximum Gasteiger partial charge on any atom is 0.244 e. The highest BCUT2D eigenvalue weighted by Crippen LogP contribution is 2.32. The number of carbonyl (C=O) groups excluding carboxylic acids is 1. The van der Waals surface area contributed by atoms with Crippen LogP contribution in [0.3, 0.4) is 0 Å². The first-order valence-corrected chi connectivity index (χ1v) is 11.4. The number of amides is 1. The van der Waals surface area contributed by atoms with Crippen molar-refractivity contribution in [1.82, 2.24) is 9.29 Å². The van der Waals surface area contributed by atoms with Crippen molar-refractivity contribution in [1.29, 1.82) is 0 Å². The van der Waals surface area contributed by atoms with Gasteiger partial charge in [-0.2, -0.15) is 4.31 Å². The Kier molecular flexibility index (Phi) is 6.54. The molecule has 0 saturated heterocycles. The van der Waals surface area contributed by atoms with E-state index in [1.165, 1.54) is 19.4 Å². The molecular weight excluding hydrogens is 434 g/mol. The predicted octanol–water partition coefficient (Wildman–Crippen LogP) is 2.28. The van der Waals surface area contributed by atoms with E-state index >= 15 is 0 Å². The minimum atomic E-state index is -3.98. The van der Waals surface area contributed by atoms with Crippen molar-refractivity contribution in [3.63, 3.8) is 0 Å². The minimum absolute atomic E-state index is 0.0227. The molecule has 0 atom stereocenters. The highest BCUT2D eigenvalue weighted by molar-refractivity contribution is 7.89. The summed E-state index contributed by atoms with van der Waals surface area (Å²) in [6.07, 6.45) is 3.14. The van der Waals surface area contributed by atoms with Crippen molar-refractivity contribution in [3.8, 4) is 11.5 Å². The molecule has 3 aromatic rings. The Labute approximate surface area is 186 Å². The summed E-state index contributed by atoms with van der Waals surface area (Å²) in [5.74, 6) is 0.648. The van der Waals surface area contributed by atoms with E-state index in [0.717, 1.165) is 4.31 Å². The van der Waals surface area contributed by atoms with Gasteiger partial charge in [0.15, 0.2) is 11.5 Å². The first kappa shape index (κ1) is 22.0. The Morgan fingerprint density at radius 3 is 2.78 bits per heavy atom. The lowest BCUT2D eigenvalue weighted by Crippen LogP contribution is -2.40. The van der Waals surface area contributed by atoms with Crippen molar-refractivity contribution >= 4 is 32.4 Å². The average Bonchev–Trinajstić information content (AvgIpc) is 2.81. The third-order valence-corrected chi connectivity index (χ3v) is 6.85. The van der Waals surface area contributed by atoms with E-state index in [-0.39, 0.29) is 24.6 Å². The third-order valence-electron chi connectivity index (χ3n) is 4.95. The summed E-state index contributed by atoms with van der Waals surface area (Å²) in [5, 5.41) is 3.96.